The molecular formula is C25H24N4O3. The summed E-state index contributed by atoms with van der Waals surface area (Å²) in [5.41, 5.74) is 2.91. The molecule has 0 spiro atoms. The number of hydrogen-bond donors (Lipinski definition) is 2. The summed E-state index contributed by atoms with van der Waals surface area (Å²) >= 11 is 0. The normalized spacial score (nSPS) is 15.4. The molecule has 162 valence electrons. The molecule has 3 amide bonds. The molecule has 1 fully saturated rings. The third-order valence-corrected chi connectivity index (χ3v) is 5.44. The summed E-state index contributed by atoms with van der Waals surface area (Å²) in [5, 5.41) is 5.79. The van der Waals surface area contributed by atoms with Crippen molar-refractivity contribution in [1.29, 1.82) is 0 Å². The smallest absolute Gasteiger partial charge is 0.253 e. The molecule has 1 aromatic heterocycles. The molecule has 4 rings (SSSR count). The van der Waals surface area contributed by atoms with E-state index < -0.39 is 5.92 Å². The number of hydrogen-bond acceptors (Lipinski definition) is 4. The number of carbonyl (C=O) groups is 3. The molecule has 0 radical (unpaired) electrons. The minimum absolute atomic E-state index is 0.0222. The molecule has 32 heavy (non-hydrogen) atoms. The van der Waals surface area contributed by atoms with Crippen molar-refractivity contribution in [3.05, 3.63) is 95.8 Å². The third kappa shape index (κ3) is 5.18. The first-order chi connectivity index (χ1) is 15.6. The van der Waals surface area contributed by atoms with Gasteiger partial charge >= 0.3 is 0 Å². The van der Waals surface area contributed by atoms with E-state index >= 15 is 0 Å². The van der Waals surface area contributed by atoms with Gasteiger partial charge in [-0.2, -0.15) is 0 Å². The molecule has 7 heteroatoms. The Morgan fingerprint density at radius 3 is 2.56 bits per heavy atom. The second-order valence-corrected chi connectivity index (χ2v) is 7.73. The highest BCUT2D eigenvalue weighted by atomic mass is 16.2. The van der Waals surface area contributed by atoms with Crippen LogP contribution in [0.4, 0.5) is 5.69 Å². The molecule has 7 nitrogen and oxygen atoms in total. The molecule has 2 heterocycles. The Kier molecular flexibility index (Phi) is 6.55. The van der Waals surface area contributed by atoms with Gasteiger partial charge in [0.05, 0.1) is 11.5 Å². The summed E-state index contributed by atoms with van der Waals surface area (Å²) in [7, 11) is 0. The average molecular weight is 428 g/mol. The van der Waals surface area contributed by atoms with Gasteiger partial charge in [0.2, 0.25) is 11.8 Å². The molecule has 1 atom stereocenters. The molecule has 0 aliphatic carbocycles. The molecule has 2 aromatic carbocycles. The SMILES string of the molecule is O=C(NCc1ccccc1NC(=O)C1CC(=O)N(Cc2ccccc2)C1)c1cccnc1. The second-order valence-electron chi connectivity index (χ2n) is 7.73. The predicted molar refractivity (Wildman–Crippen MR) is 120 cm³/mol. The van der Waals surface area contributed by atoms with Crippen LogP contribution in [0.1, 0.15) is 27.9 Å². The van der Waals surface area contributed by atoms with Gasteiger partial charge in [0.1, 0.15) is 0 Å². The van der Waals surface area contributed by atoms with Crippen LogP contribution in [0, 0.1) is 5.92 Å². The summed E-state index contributed by atoms with van der Waals surface area (Å²) < 4.78 is 0. The van der Waals surface area contributed by atoms with Crippen molar-refractivity contribution in [1.82, 2.24) is 15.2 Å². The van der Waals surface area contributed by atoms with Crippen molar-refractivity contribution >= 4 is 23.4 Å². The third-order valence-electron chi connectivity index (χ3n) is 5.44. The van der Waals surface area contributed by atoms with Crippen molar-refractivity contribution in [3.8, 4) is 0 Å². The lowest BCUT2D eigenvalue weighted by Gasteiger charge is -2.17. The van der Waals surface area contributed by atoms with Gasteiger partial charge in [0, 0.05) is 44.1 Å². The van der Waals surface area contributed by atoms with Crippen molar-refractivity contribution in [2.24, 2.45) is 5.92 Å². The van der Waals surface area contributed by atoms with Gasteiger partial charge in [-0.1, -0.05) is 48.5 Å². The standard InChI is InChI=1S/C25H24N4O3/c30-23-13-21(17-29(23)16-18-7-2-1-3-8-18)25(32)28-22-11-5-4-9-19(22)15-27-24(31)20-10-6-12-26-14-20/h1-12,14,21H,13,15-17H2,(H,27,31)(H,28,32). The van der Waals surface area contributed by atoms with Crippen LogP contribution in [0.15, 0.2) is 79.1 Å². The van der Waals surface area contributed by atoms with Gasteiger partial charge in [-0.25, -0.2) is 0 Å². The predicted octanol–water partition coefficient (Wildman–Crippen LogP) is 3.00. The van der Waals surface area contributed by atoms with Crippen LogP contribution >= 0.6 is 0 Å². The van der Waals surface area contributed by atoms with Crippen LogP contribution in [-0.4, -0.2) is 34.2 Å². The molecule has 3 aromatic rings. The van der Waals surface area contributed by atoms with Gasteiger partial charge in [-0.05, 0) is 29.3 Å². The van der Waals surface area contributed by atoms with E-state index in [0.29, 0.717) is 24.3 Å². The van der Waals surface area contributed by atoms with Gasteiger partial charge in [-0.3, -0.25) is 19.4 Å². The molecular weight excluding hydrogens is 404 g/mol. The number of para-hydroxylation sites is 1. The van der Waals surface area contributed by atoms with Gasteiger partial charge in [-0.15, -0.1) is 0 Å². The van der Waals surface area contributed by atoms with Crippen molar-refractivity contribution in [3.63, 3.8) is 0 Å². The van der Waals surface area contributed by atoms with Crippen molar-refractivity contribution < 1.29 is 14.4 Å². The number of carbonyl (C=O) groups excluding carboxylic acids is 3. The molecule has 1 unspecified atom stereocenters. The van der Waals surface area contributed by atoms with Crippen LogP contribution in [0.25, 0.3) is 0 Å². The van der Waals surface area contributed by atoms with E-state index in [1.165, 1.54) is 6.20 Å². The number of amides is 3. The molecule has 0 saturated carbocycles. The first kappa shape index (κ1) is 21.2. The zero-order valence-electron chi connectivity index (χ0n) is 17.5. The zero-order valence-corrected chi connectivity index (χ0v) is 17.5. The van der Waals surface area contributed by atoms with Crippen LogP contribution in [0.5, 0.6) is 0 Å². The summed E-state index contributed by atoms with van der Waals surface area (Å²) in [4.78, 5) is 43.3. The number of anilines is 1. The largest absolute Gasteiger partial charge is 0.348 e. The zero-order chi connectivity index (χ0) is 22.3. The lowest BCUT2D eigenvalue weighted by Crippen LogP contribution is -2.28. The molecule has 1 aliphatic heterocycles. The highest BCUT2D eigenvalue weighted by molar-refractivity contribution is 5.98. The topological polar surface area (TPSA) is 91.4 Å². The minimum atomic E-state index is -0.413. The Hall–Kier alpha value is -4.00. The number of benzene rings is 2. The first-order valence-electron chi connectivity index (χ1n) is 10.5. The van der Waals surface area contributed by atoms with E-state index in [0.717, 1.165) is 11.1 Å². The summed E-state index contributed by atoms with van der Waals surface area (Å²) in [6.07, 6.45) is 3.30. The second kappa shape index (κ2) is 9.87. The number of aromatic nitrogens is 1. The van der Waals surface area contributed by atoms with E-state index in [1.807, 2.05) is 48.5 Å². The van der Waals surface area contributed by atoms with Crippen LogP contribution < -0.4 is 10.6 Å². The van der Waals surface area contributed by atoms with Crippen LogP contribution in [0.2, 0.25) is 0 Å². The number of nitrogens with one attached hydrogen (secondary N) is 2. The number of nitrogens with zero attached hydrogens (tertiary/aromatic N) is 2. The summed E-state index contributed by atoms with van der Waals surface area (Å²) in [6, 6.07) is 20.4. The van der Waals surface area contributed by atoms with Gasteiger partial charge < -0.3 is 15.5 Å². The number of rotatable bonds is 7. The van der Waals surface area contributed by atoms with E-state index in [9.17, 15) is 14.4 Å². The highest BCUT2D eigenvalue weighted by Gasteiger charge is 2.34. The fourth-order valence-corrected chi connectivity index (χ4v) is 3.71. The highest BCUT2D eigenvalue weighted by Crippen LogP contribution is 2.23. The fourth-order valence-electron chi connectivity index (χ4n) is 3.71. The van der Waals surface area contributed by atoms with E-state index in [4.69, 9.17) is 0 Å². The average Bonchev–Trinajstić information content (AvgIpc) is 3.19. The maximum atomic E-state index is 12.9. The lowest BCUT2D eigenvalue weighted by molar-refractivity contribution is -0.128. The van der Waals surface area contributed by atoms with E-state index in [1.54, 1.807) is 29.3 Å². The first-order valence-corrected chi connectivity index (χ1v) is 10.5. The lowest BCUT2D eigenvalue weighted by atomic mass is 10.1. The van der Waals surface area contributed by atoms with Crippen LogP contribution in [0.3, 0.4) is 0 Å². The van der Waals surface area contributed by atoms with E-state index in [2.05, 4.69) is 15.6 Å². The van der Waals surface area contributed by atoms with Crippen LogP contribution in [-0.2, 0) is 22.7 Å². The number of pyridine rings is 1. The summed E-state index contributed by atoms with van der Waals surface area (Å²) in [5.74, 6) is -0.868. The molecule has 1 aliphatic rings. The quantitative estimate of drug-likeness (QED) is 0.605. The Labute approximate surface area is 186 Å². The van der Waals surface area contributed by atoms with Gasteiger partial charge in [0.15, 0.2) is 0 Å². The Bertz CT molecular complexity index is 1100. The molecule has 2 N–H and O–H groups in total. The number of likely N-dealkylation sites (tertiary alicyclic amines) is 1. The van der Waals surface area contributed by atoms with Crippen molar-refractivity contribution in [2.75, 3.05) is 11.9 Å². The summed E-state index contributed by atoms with van der Waals surface area (Å²) in [6.45, 7) is 1.15. The maximum absolute atomic E-state index is 12.9. The monoisotopic (exact) mass is 428 g/mol. The van der Waals surface area contributed by atoms with E-state index in [-0.39, 0.29) is 30.7 Å². The molecule has 0 bridgehead atoms. The minimum Gasteiger partial charge on any atom is -0.348 e. The Morgan fingerprint density at radius 1 is 1.00 bits per heavy atom. The molecule has 1 saturated heterocycles. The van der Waals surface area contributed by atoms with Gasteiger partial charge in [0.25, 0.3) is 5.91 Å². The Balaban J connectivity index is 1.36. The van der Waals surface area contributed by atoms with Crippen molar-refractivity contribution in [2.45, 2.75) is 19.5 Å². The maximum Gasteiger partial charge on any atom is 0.253 e. The fraction of sp³-hybridized carbons (Fsp3) is 0.200. The Morgan fingerprint density at radius 2 is 1.78 bits per heavy atom.